The highest BCUT2D eigenvalue weighted by atomic mass is 16.6. The molecule has 0 unspecified atom stereocenters. The van der Waals surface area contributed by atoms with Gasteiger partial charge in [0, 0.05) is 44.0 Å². The Kier molecular flexibility index (Phi) is 5.89. The number of nitrogens with zero attached hydrogens (tertiary/aromatic N) is 5. The summed E-state index contributed by atoms with van der Waals surface area (Å²) in [6.45, 7) is 2.00. The minimum atomic E-state index is -0.550. The van der Waals surface area contributed by atoms with Crippen LogP contribution in [0.4, 0.5) is 17.1 Å². The minimum Gasteiger partial charge on any atom is -0.482 e. The molecule has 2 aromatic rings. The van der Waals surface area contributed by atoms with Gasteiger partial charge in [0.2, 0.25) is 5.91 Å². The molecule has 0 atom stereocenters. The second kappa shape index (κ2) is 8.93. The molecule has 0 saturated carbocycles. The van der Waals surface area contributed by atoms with Crippen molar-refractivity contribution in [1.29, 1.82) is 5.26 Å². The third-order valence-electron chi connectivity index (χ3n) is 5.60. The SMILES string of the molecule is N#Cc1ccc(N2CCCN(C(=O)CN3C(=O)COc4ccc([N+](=O)[O-])cc43)CC2)cc1. The Hall–Kier alpha value is -4.13. The van der Waals surface area contributed by atoms with Crippen molar-refractivity contribution >= 4 is 28.9 Å². The number of non-ortho nitro benzene ring substituents is 1. The summed E-state index contributed by atoms with van der Waals surface area (Å²) in [7, 11) is 0. The average molecular weight is 435 g/mol. The van der Waals surface area contributed by atoms with Crippen LogP contribution in [0.25, 0.3) is 0 Å². The van der Waals surface area contributed by atoms with E-state index >= 15 is 0 Å². The molecule has 10 nitrogen and oxygen atoms in total. The van der Waals surface area contributed by atoms with E-state index < -0.39 is 10.8 Å². The summed E-state index contributed by atoms with van der Waals surface area (Å²) in [6, 6.07) is 13.4. The molecule has 0 spiro atoms. The van der Waals surface area contributed by atoms with Crippen LogP contribution < -0.4 is 14.5 Å². The number of hydrogen-bond donors (Lipinski definition) is 0. The van der Waals surface area contributed by atoms with Crippen molar-refractivity contribution < 1.29 is 19.2 Å². The summed E-state index contributed by atoms with van der Waals surface area (Å²) in [4.78, 5) is 41.2. The maximum absolute atomic E-state index is 13.0. The van der Waals surface area contributed by atoms with Gasteiger partial charge in [-0.1, -0.05) is 0 Å². The lowest BCUT2D eigenvalue weighted by molar-refractivity contribution is -0.384. The molecule has 2 aromatic carbocycles. The standard InChI is InChI=1S/C22H21N5O5/c23-13-16-2-4-17(5-3-16)24-8-1-9-25(11-10-24)21(28)14-26-19-12-18(27(30)31)6-7-20(19)32-15-22(26)29/h2-7,12H,1,8-11,14-15H2. The Morgan fingerprint density at radius 2 is 1.91 bits per heavy atom. The number of nitriles is 1. The summed E-state index contributed by atoms with van der Waals surface area (Å²) in [6.07, 6.45) is 0.755. The van der Waals surface area contributed by atoms with Gasteiger partial charge in [0.15, 0.2) is 6.61 Å². The summed E-state index contributed by atoms with van der Waals surface area (Å²) in [5.74, 6) is -0.300. The van der Waals surface area contributed by atoms with Crippen LogP contribution in [0.5, 0.6) is 5.75 Å². The van der Waals surface area contributed by atoms with E-state index in [2.05, 4.69) is 11.0 Å². The van der Waals surface area contributed by atoms with Crippen molar-refractivity contribution in [2.45, 2.75) is 6.42 Å². The van der Waals surface area contributed by atoms with E-state index in [1.807, 2.05) is 12.1 Å². The molecule has 2 aliphatic rings. The minimum absolute atomic E-state index is 0.174. The van der Waals surface area contributed by atoms with Gasteiger partial charge in [-0.2, -0.15) is 5.26 Å². The molecule has 4 rings (SSSR count). The number of carbonyl (C=O) groups excluding carboxylic acids is 2. The first-order chi connectivity index (χ1) is 15.5. The molecule has 1 saturated heterocycles. The molecule has 1 fully saturated rings. The molecule has 0 bridgehead atoms. The van der Waals surface area contributed by atoms with Crippen LogP contribution in [0.2, 0.25) is 0 Å². The van der Waals surface area contributed by atoms with Crippen molar-refractivity contribution in [1.82, 2.24) is 4.90 Å². The van der Waals surface area contributed by atoms with Gasteiger partial charge in [-0.3, -0.25) is 24.6 Å². The Bertz CT molecular complexity index is 1090. The molecule has 0 N–H and O–H groups in total. The van der Waals surface area contributed by atoms with Gasteiger partial charge < -0.3 is 14.5 Å². The van der Waals surface area contributed by atoms with Crippen LogP contribution in [0.1, 0.15) is 12.0 Å². The van der Waals surface area contributed by atoms with E-state index in [9.17, 15) is 19.7 Å². The van der Waals surface area contributed by atoms with Crippen LogP contribution in [0.3, 0.4) is 0 Å². The second-order valence-electron chi connectivity index (χ2n) is 7.56. The molecular weight excluding hydrogens is 414 g/mol. The number of hydrogen-bond acceptors (Lipinski definition) is 7. The van der Waals surface area contributed by atoms with E-state index in [1.165, 1.54) is 23.1 Å². The van der Waals surface area contributed by atoms with Crippen molar-refractivity contribution in [3.05, 3.63) is 58.1 Å². The lowest BCUT2D eigenvalue weighted by atomic mass is 10.2. The van der Waals surface area contributed by atoms with Crippen molar-refractivity contribution in [3.63, 3.8) is 0 Å². The second-order valence-corrected chi connectivity index (χ2v) is 7.56. The highest BCUT2D eigenvalue weighted by molar-refractivity contribution is 6.02. The van der Waals surface area contributed by atoms with Gasteiger partial charge in [0.1, 0.15) is 12.3 Å². The van der Waals surface area contributed by atoms with Crippen LogP contribution in [0, 0.1) is 21.4 Å². The number of benzene rings is 2. The molecule has 2 heterocycles. The Balaban J connectivity index is 1.45. The molecule has 0 radical (unpaired) electrons. The van der Waals surface area contributed by atoms with E-state index in [0.29, 0.717) is 30.9 Å². The Labute approximate surface area is 184 Å². The lowest BCUT2D eigenvalue weighted by Crippen LogP contribution is -2.47. The zero-order valence-electron chi connectivity index (χ0n) is 17.3. The predicted octanol–water partition coefficient (Wildman–Crippen LogP) is 1.93. The number of nitro groups is 1. The summed E-state index contributed by atoms with van der Waals surface area (Å²) in [5.41, 5.74) is 1.64. The molecule has 32 heavy (non-hydrogen) atoms. The van der Waals surface area contributed by atoms with Gasteiger partial charge in [-0.15, -0.1) is 0 Å². The number of nitro benzene ring substituents is 1. The number of fused-ring (bicyclic) bond motifs is 1. The van der Waals surface area contributed by atoms with E-state index in [-0.39, 0.29) is 30.4 Å². The fourth-order valence-corrected chi connectivity index (χ4v) is 3.88. The van der Waals surface area contributed by atoms with Crippen LogP contribution in [-0.4, -0.2) is 61.0 Å². The van der Waals surface area contributed by atoms with Gasteiger partial charge in [0.05, 0.1) is 22.2 Å². The van der Waals surface area contributed by atoms with Gasteiger partial charge in [-0.05, 0) is 36.8 Å². The van der Waals surface area contributed by atoms with Crippen LogP contribution >= 0.6 is 0 Å². The first-order valence-electron chi connectivity index (χ1n) is 10.2. The third kappa shape index (κ3) is 4.32. The van der Waals surface area contributed by atoms with Gasteiger partial charge >= 0.3 is 0 Å². The largest absolute Gasteiger partial charge is 0.482 e. The predicted molar refractivity (Wildman–Crippen MR) is 116 cm³/mol. The van der Waals surface area contributed by atoms with Crippen LogP contribution in [-0.2, 0) is 9.59 Å². The highest BCUT2D eigenvalue weighted by Crippen LogP contribution is 2.35. The molecule has 2 aliphatic heterocycles. The molecule has 0 aliphatic carbocycles. The number of amides is 2. The molecule has 164 valence electrons. The molecule has 0 aromatic heterocycles. The zero-order chi connectivity index (χ0) is 22.7. The van der Waals surface area contributed by atoms with E-state index in [4.69, 9.17) is 10.00 Å². The normalized spacial score (nSPS) is 16.0. The lowest BCUT2D eigenvalue weighted by Gasteiger charge is -2.31. The fraction of sp³-hybridized carbons (Fsp3) is 0.318. The van der Waals surface area contributed by atoms with Crippen molar-refractivity contribution in [3.8, 4) is 11.8 Å². The fourth-order valence-electron chi connectivity index (χ4n) is 3.88. The van der Waals surface area contributed by atoms with E-state index in [1.54, 1.807) is 17.0 Å². The Morgan fingerprint density at radius 3 is 2.62 bits per heavy atom. The third-order valence-corrected chi connectivity index (χ3v) is 5.60. The summed E-state index contributed by atoms with van der Waals surface area (Å²) >= 11 is 0. The quantitative estimate of drug-likeness (QED) is 0.531. The topological polar surface area (TPSA) is 120 Å². The summed E-state index contributed by atoms with van der Waals surface area (Å²) < 4.78 is 5.36. The average Bonchev–Trinajstić information content (AvgIpc) is 3.07. The summed E-state index contributed by atoms with van der Waals surface area (Å²) in [5, 5.41) is 20.1. The first kappa shape index (κ1) is 21.1. The number of carbonyl (C=O) groups is 2. The zero-order valence-corrected chi connectivity index (χ0v) is 17.3. The highest BCUT2D eigenvalue weighted by Gasteiger charge is 2.31. The molecule has 10 heteroatoms. The number of anilines is 2. The number of ether oxygens (including phenoxy) is 1. The smallest absolute Gasteiger partial charge is 0.271 e. The van der Waals surface area contributed by atoms with Crippen molar-refractivity contribution in [2.75, 3.05) is 49.1 Å². The van der Waals surface area contributed by atoms with Crippen molar-refractivity contribution in [2.24, 2.45) is 0 Å². The van der Waals surface area contributed by atoms with E-state index in [0.717, 1.165) is 18.7 Å². The first-order valence-corrected chi connectivity index (χ1v) is 10.2. The monoisotopic (exact) mass is 435 g/mol. The van der Waals surface area contributed by atoms with Crippen LogP contribution in [0.15, 0.2) is 42.5 Å². The van der Waals surface area contributed by atoms with Gasteiger partial charge in [-0.25, -0.2) is 0 Å². The van der Waals surface area contributed by atoms with Gasteiger partial charge in [0.25, 0.3) is 11.6 Å². The Morgan fingerprint density at radius 1 is 1.12 bits per heavy atom. The number of rotatable bonds is 4. The molecular formula is C22H21N5O5. The maximum atomic E-state index is 13.0. The molecule has 2 amide bonds. The maximum Gasteiger partial charge on any atom is 0.271 e.